The Morgan fingerprint density at radius 2 is 1.56 bits per heavy atom. The quantitative estimate of drug-likeness (QED) is 0.266. The van der Waals surface area contributed by atoms with Crippen LogP contribution in [0.1, 0.15) is 17.8 Å². The summed E-state index contributed by atoms with van der Waals surface area (Å²) in [5.41, 5.74) is 2.66. The van der Waals surface area contributed by atoms with Crippen LogP contribution in [-0.2, 0) is 39.3 Å². The highest BCUT2D eigenvalue weighted by Crippen LogP contribution is 2.21. The van der Waals surface area contributed by atoms with Crippen molar-refractivity contribution in [1.82, 2.24) is 23.7 Å². The molecule has 0 aliphatic carbocycles. The number of sulfone groups is 2. The Morgan fingerprint density at radius 1 is 0.846 bits per heavy atom. The average molecular weight is 572 g/mol. The van der Waals surface area contributed by atoms with Crippen molar-refractivity contribution in [2.75, 3.05) is 18.3 Å². The van der Waals surface area contributed by atoms with Crippen LogP contribution in [0.15, 0.2) is 70.6 Å². The number of pyridine rings is 1. The first-order valence-electron chi connectivity index (χ1n) is 12.1. The van der Waals surface area contributed by atoms with E-state index in [9.17, 15) is 26.0 Å². The monoisotopic (exact) mass is 571 g/mol. The van der Waals surface area contributed by atoms with Crippen LogP contribution in [0.2, 0.25) is 0 Å². The molecular formula is C26H26FN5O5S2. The summed E-state index contributed by atoms with van der Waals surface area (Å²) in [4.78, 5) is 22.6. The van der Waals surface area contributed by atoms with Crippen molar-refractivity contribution < 1.29 is 21.2 Å². The summed E-state index contributed by atoms with van der Waals surface area (Å²) in [7, 11) is -6.52. The first kappa shape index (κ1) is 26.8. The number of fused-ring (bicyclic) bond motifs is 2. The Bertz CT molecular complexity index is 1980. The summed E-state index contributed by atoms with van der Waals surface area (Å²) in [6, 6.07) is 12.3. The Labute approximate surface area is 224 Å². The lowest BCUT2D eigenvalue weighted by Crippen LogP contribution is -2.26. The lowest BCUT2D eigenvalue weighted by molar-refractivity contribution is 0.584. The predicted octanol–water partition coefficient (Wildman–Crippen LogP) is 2.62. The predicted molar refractivity (Wildman–Crippen MR) is 146 cm³/mol. The van der Waals surface area contributed by atoms with Crippen LogP contribution in [0.25, 0.3) is 22.1 Å². The Balaban J connectivity index is 1.55. The van der Waals surface area contributed by atoms with Crippen molar-refractivity contribution in [3.63, 3.8) is 0 Å². The molecule has 0 amide bonds. The highest BCUT2D eigenvalue weighted by molar-refractivity contribution is 7.91. The molecule has 0 saturated carbocycles. The summed E-state index contributed by atoms with van der Waals surface area (Å²) in [5.74, 6) is 0.0206. The fraction of sp³-hybridized carbons (Fsp3) is 0.269. The molecule has 3 aromatic heterocycles. The van der Waals surface area contributed by atoms with Crippen LogP contribution < -0.4 is 5.69 Å². The van der Waals surface area contributed by atoms with Gasteiger partial charge in [0.1, 0.15) is 21.5 Å². The van der Waals surface area contributed by atoms with Gasteiger partial charge in [-0.25, -0.2) is 31.0 Å². The number of imidazole rings is 2. The van der Waals surface area contributed by atoms with Gasteiger partial charge < -0.3 is 4.57 Å². The lowest BCUT2D eigenvalue weighted by Gasteiger charge is -2.10. The second-order valence-electron chi connectivity index (χ2n) is 9.53. The Morgan fingerprint density at radius 3 is 2.26 bits per heavy atom. The van der Waals surface area contributed by atoms with Gasteiger partial charge in [0.25, 0.3) is 0 Å². The number of hydrogen-bond acceptors (Lipinski definition) is 7. The summed E-state index contributed by atoms with van der Waals surface area (Å²) in [6.07, 6.45) is 5.80. The second-order valence-corrected chi connectivity index (χ2v) is 13.8. The van der Waals surface area contributed by atoms with Crippen LogP contribution in [0, 0.1) is 5.82 Å². The average Bonchev–Trinajstić information content (AvgIpc) is 3.33. The minimum atomic E-state index is -3.35. The zero-order valence-corrected chi connectivity index (χ0v) is 22.9. The number of halogens is 1. The van der Waals surface area contributed by atoms with E-state index in [4.69, 9.17) is 0 Å². The van der Waals surface area contributed by atoms with Gasteiger partial charge in [-0.15, -0.1) is 0 Å². The van der Waals surface area contributed by atoms with Gasteiger partial charge in [-0.1, -0.05) is 12.1 Å². The van der Waals surface area contributed by atoms with Gasteiger partial charge in [0.2, 0.25) is 0 Å². The van der Waals surface area contributed by atoms with Crippen LogP contribution in [-0.4, -0.2) is 58.8 Å². The molecule has 0 atom stereocenters. The fourth-order valence-corrected chi connectivity index (χ4v) is 5.93. The number of aryl methyl sites for hydroxylation is 1. The Kier molecular flexibility index (Phi) is 6.89. The third-order valence-electron chi connectivity index (χ3n) is 6.50. The smallest absolute Gasteiger partial charge is 0.326 e. The highest BCUT2D eigenvalue weighted by atomic mass is 32.2. The molecule has 0 spiro atoms. The SMILES string of the molecule is CS(=O)(=O)CCCn1c(Cn2c(=O)n(Cc3ccc(S(C)(=O)=O)cc3)c3cnccc32)nc2cc(F)ccc21. The topological polar surface area (TPSA) is 126 Å². The van der Waals surface area contributed by atoms with Crippen LogP contribution in [0.5, 0.6) is 0 Å². The van der Waals surface area contributed by atoms with Crippen LogP contribution >= 0.6 is 0 Å². The maximum Gasteiger partial charge on any atom is 0.329 e. The lowest BCUT2D eigenvalue weighted by atomic mass is 10.2. The van der Waals surface area contributed by atoms with E-state index in [1.165, 1.54) is 30.5 Å². The molecule has 5 rings (SSSR count). The molecular weight excluding hydrogens is 545 g/mol. The molecule has 13 heteroatoms. The number of aromatic nitrogens is 5. The first-order chi connectivity index (χ1) is 18.4. The molecule has 3 heterocycles. The molecule has 0 bridgehead atoms. The molecule has 0 aliphatic heterocycles. The van der Waals surface area contributed by atoms with E-state index in [-0.39, 0.29) is 29.4 Å². The molecule has 204 valence electrons. The number of benzene rings is 2. The van der Waals surface area contributed by atoms with E-state index in [0.717, 1.165) is 11.8 Å². The van der Waals surface area contributed by atoms with E-state index in [1.807, 2.05) is 4.57 Å². The second kappa shape index (κ2) is 10.0. The van der Waals surface area contributed by atoms with Gasteiger partial charge in [-0.2, -0.15) is 0 Å². The number of rotatable bonds is 9. The van der Waals surface area contributed by atoms with E-state index < -0.39 is 25.5 Å². The van der Waals surface area contributed by atoms with Crippen molar-refractivity contribution in [2.45, 2.75) is 31.0 Å². The van der Waals surface area contributed by atoms with Crippen molar-refractivity contribution in [2.24, 2.45) is 0 Å². The van der Waals surface area contributed by atoms with Gasteiger partial charge >= 0.3 is 5.69 Å². The third-order valence-corrected chi connectivity index (χ3v) is 8.66. The minimum Gasteiger partial charge on any atom is -0.326 e. The zero-order chi connectivity index (χ0) is 27.9. The van der Waals surface area contributed by atoms with Crippen LogP contribution in [0.4, 0.5) is 4.39 Å². The summed E-state index contributed by atoms with van der Waals surface area (Å²) >= 11 is 0. The molecule has 10 nitrogen and oxygen atoms in total. The van der Waals surface area contributed by atoms with Gasteiger partial charge in [-0.05, 0) is 42.3 Å². The minimum absolute atomic E-state index is 0.0175. The molecule has 39 heavy (non-hydrogen) atoms. The first-order valence-corrected chi connectivity index (χ1v) is 16.0. The molecule has 0 aliphatic rings. The summed E-state index contributed by atoms with van der Waals surface area (Å²) < 4.78 is 65.9. The highest BCUT2D eigenvalue weighted by Gasteiger charge is 2.19. The van der Waals surface area contributed by atoms with Gasteiger partial charge in [0, 0.05) is 31.3 Å². The van der Waals surface area contributed by atoms with E-state index >= 15 is 0 Å². The Hall–Kier alpha value is -3.84. The van der Waals surface area contributed by atoms with Crippen LogP contribution in [0.3, 0.4) is 0 Å². The maximum atomic E-state index is 14.0. The van der Waals surface area contributed by atoms with Crippen molar-refractivity contribution >= 4 is 41.7 Å². The van der Waals surface area contributed by atoms with Crippen molar-refractivity contribution in [1.29, 1.82) is 0 Å². The van der Waals surface area contributed by atoms with Crippen molar-refractivity contribution in [3.8, 4) is 0 Å². The van der Waals surface area contributed by atoms with E-state index in [2.05, 4.69) is 9.97 Å². The molecule has 0 fully saturated rings. The zero-order valence-electron chi connectivity index (χ0n) is 21.3. The maximum absolute atomic E-state index is 14.0. The van der Waals surface area contributed by atoms with E-state index in [1.54, 1.807) is 45.8 Å². The number of nitrogens with zero attached hydrogens (tertiary/aromatic N) is 5. The standard InChI is InChI=1S/C26H26FN5O5S2/c1-38(34,35)13-3-12-30-22-9-6-19(27)14-21(22)29-25(30)17-32-23-10-11-28-15-24(23)31(26(32)33)16-18-4-7-20(8-5-18)39(2,36)37/h4-11,14-15H,3,12-13,16-17H2,1-2H3. The summed E-state index contributed by atoms with van der Waals surface area (Å²) in [6.45, 7) is 0.578. The van der Waals surface area contributed by atoms with Crippen molar-refractivity contribution in [3.05, 3.63) is 88.6 Å². The normalized spacial score (nSPS) is 12.5. The molecule has 0 radical (unpaired) electrons. The van der Waals surface area contributed by atoms with Gasteiger partial charge in [0.15, 0.2) is 9.84 Å². The molecule has 5 aromatic rings. The fourth-order valence-electron chi connectivity index (χ4n) is 4.65. The number of hydrogen-bond donors (Lipinski definition) is 0. The molecule has 0 saturated heterocycles. The van der Waals surface area contributed by atoms with E-state index in [0.29, 0.717) is 40.9 Å². The largest absolute Gasteiger partial charge is 0.329 e. The van der Waals surface area contributed by atoms with Gasteiger partial charge in [-0.3, -0.25) is 14.1 Å². The third kappa shape index (κ3) is 5.64. The van der Waals surface area contributed by atoms with Gasteiger partial charge in [0.05, 0.1) is 52.0 Å². The molecule has 2 aromatic carbocycles. The summed E-state index contributed by atoms with van der Waals surface area (Å²) in [5, 5.41) is 0. The molecule has 0 N–H and O–H groups in total. The molecule has 0 unspecified atom stereocenters.